The minimum absolute atomic E-state index is 0.262. The number of benzene rings is 1. The number of aliphatic imine (C=N–C) groups is 1. The van der Waals surface area contributed by atoms with Gasteiger partial charge in [0.05, 0.1) is 17.5 Å². The van der Waals surface area contributed by atoms with Crippen LogP contribution >= 0.6 is 0 Å². The summed E-state index contributed by atoms with van der Waals surface area (Å²) in [6, 6.07) is 3.27. The van der Waals surface area contributed by atoms with E-state index in [0.29, 0.717) is 18.7 Å². The van der Waals surface area contributed by atoms with Crippen LogP contribution in [0.2, 0.25) is 0 Å². The van der Waals surface area contributed by atoms with Gasteiger partial charge in [0.1, 0.15) is 12.4 Å². The minimum Gasteiger partial charge on any atom is -0.476 e. The van der Waals surface area contributed by atoms with Crippen LogP contribution < -0.4 is 0 Å². The Morgan fingerprint density at radius 3 is 2.87 bits per heavy atom. The summed E-state index contributed by atoms with van der Waals surface area (Å²) in [5, 5.41) is 10.5. The lowest BCUT2D eigenvalue weighted by Gasteiger charge is -2.01. The van der Waals surface area contributed by atoms with Crippen LogP contribution in [0.1, 0.15) is 5.56 Å². The SMILES string of the molecule is O=[N+]([O-])c1cc(F)cc(C2=NCCO2)c1. The molecule has 0 saturated heterocycles. The van der Waals surface area contributed by atoms with Crippen LogP contribution in [0, 0.1) is 15.9 Å². The zero-order valence-electron chi connectivity index (χ0n) is 7.64. The molecule has 0 fully saturated rings. The summed E-state index contributed by atoms with van der Waals surface area (Å²) in [4.78, 5) is 13.8. The third-order valence-electron chi connectivity index (χ3n) is 1.93. The Hall–Kier alpha value is -1.98. The van der Waals surface area contributed by atoms with E-state index in [0.717, 1.165) is 12.1 Å². The average molecular weight is 210 g/mol. The number of hydrogen-bond acceptors (Lipinski definition) is 4. The van der Waals surface area contributed by atoms with Gasteiger partial charge in [0.25, 0.3) is 5.69 Å². The molecule has 6 heteroatoms. The molecule has 0 unspecified atom stereocenters. The van der Waals surface area contributed by atoms with E-state index in [1.165, 1.54) is 6.07 Å². The van der Waals surface area contributed by atoms with Crippen molar-refractivity contribution in [3.05, 3.63) is 39.7 Å². The number of hydrogen-bond donors (Lipinski definition) is 0. The molecule has 1 aromatic rings. The Kier molecular flexibility index (Phi) is 2.32. The lowest BCUT2D eigenvalue weighted by molar-refractivity contribution is -0.385. The molecule has 1 aliphatic rings. The molecule has 0 amide bonds. The maximum absolute atomic E-state index is 13.0. The monoisotopic (exact) mass is 210 g/mol. The number of non-ortho nitro benzene ring substituents is 1. The van der Waals surface area contributed by atoms with Crippen LogP contribution in [0.5, 0.6) is 0 Å². The Morgan fingerprint density at radius 2 is 2.27 bits per heavy atom. The van der Waals surface area contributed by atoms with Crippen LogP contribution in [0.4, 0.5) is 10.1 Å². The second kappa shape index (κ2) is 3.64. The van der Waals surface area contributed by atoms with Crippen molar-refractivity contribution in [3.63, 3.8) is 0 Å². The molecule has 1 heterocycles. The van der Waals surface area contributed by atoms with E-state index in [-0.39, 0.29) is 11.6 Å². The molecule has 0 radical (unpaired) electrons. The number of nitro groups is 1. The standard InChI is InChI=1S/C9H7FN2O3/c10-7-3-6(9-11-1-2-15-9)4-8(5-7)12(13)14/h3-5H,1-2H2. The van der Waals surface area contributed by atoms with E-state index in [9.17, 15) is 14.5 Å². The molecule has 1 aromatic carbocycles. The third kappa shape index (κ3) is 1.93. The van der Waals surface area contributed by atoms with Crippen LogP contribution in [-0.2, 0) is 4.74 Å². The summed E-state index contributed by atoms with van der Waals surface area (Å²) >= 11 is 0. The van der Waals surface area contributed by atoms with E-state index in [2.05, 4.69) is 4.99 Å². The first-order chi connectivity index (χ1) is 7.16. The molecule has 2 rings (SSSR count). The van der Waals surface area contributed by atoms with Gasteiger partial charge < -0.3 is 4.74 Å². The van der Waals surface area contributed by atoms with Crippen LogP contribution in [0.25, 0.3) is 0 Å². The highest BCUT2D eigenvalue weighted by Crippen LogP contribution is 2.18. The van der Waals surface area contributed by atoms with Gasteiger partial charge >= 0.3 is 0 Å². The number of nitro benzene ring substituents is 1. The fourth-order valence-electron chi connectivity index (χ4n) is 1.31. The Labute approximate surface area is 84.3 Å². The fourth-order valence-corrected chi connectivity index (χ4v) is 1.31. The summed E-state index contributed by atoms with van der Waals surface area (Å²) in [6.07, 6.45) is 0. The first-order valence-corrected chi connectivity index (χ1v) is 4.29. The quantitative estimate of drug-likeness (QED) is 0.549. The van der Waals surface area contributed by atoms with Gasteiger partial charge in [0.15, 0.2) is 0 Å². The van der Waals surface area contributed by atoms with Crippen molar-refractivity contribution in [1.29, 1.82) is 0 Å². The summed E-state index contributed by atoms with van der Waals surface area (Å²) in [5.74, 6) is -0.407. The number of rotatable bonds is 2. The van der Waals surface area contributed by atoms with E-state index in [1.54, 1.807) is 0 Å². The molecule has 0 N–H and O–H groups in total. The van der Waals surface area contributed by atoms with Crippen molar-refractivity contribution in [2.24, 2.45) is 4.99 Å². The van der Waals surface area contributed by atoms with Gasteiger partial charge in [-0.05, 0) is 6.07 Å². The predicted molar refractivity (Wildman–Crippen MR) is 50.4 cm³/mol. The lowest BCUT2D eigenvalue weighted by atomic mass is 10.2. The van der Waals surface area contributed by atoms with E-state index >= 15 is 0 Å². The van der Waals surface area contributed by atoms with Gasteiger partial charge in [0, 0.05) is 11.6 Å². The molecule has 1 aliphatic heterocycles. The highest BCUT2D eigenvalue weighted by Gasteiger charge is 2.16. The smallest absolute Gasteiger partial charge is 0.273 e. The molecule has 0 bridgehead atoms. The van der Waals surface area contributed by atoms with Gasteiger partial charge in [-0.1, -0.05) is 0 Å². The predicted octanol–water partition coefficient (Wildman–Crippen LogP) is 1.51. The second-order valence-electron chi connectivity index (χ2n) is 2.99. The van der Waals surface area contributed by atoms with Crippen molar-refractivity contribution in [2.45, 2.75) is 0 Å². The topological polar surface area (TPSA) is 64.7 Å². The first-order valence-electron chi connectivity index (χ1n) is 4.29. The van der Waals surface area contributed by atoms with Gasteiger partial charge in [-0.2, -0.15) is 0 Å². The zero-order chi connectivity index (χ0) is 10.8. The van der Waals surface area contributed by atoms with E-state index in [1.807, 2.05) is 0 Å². The van der Waals surface area contributed by atoms with Gasteiger partial charge in [-0.25, -0.2) is 9.38 Å². The molecule has 0 saturated carbocycles. The van der Waals surface area contributed by atoms with Gasteiger partial charge in [-0.3, -0.25) is 10.1 Å². The summed E-state index contributed by atoms with van der Waals surface area (Å²) in [5.41, 5.74) is 0.00222. The van der Waals surface area contributed by atoms with Crippen molar-refractivity contribution >= 4 is 11.6 Å². The maximum atomic E-state index is 13.0. The van der Waals surface area contributed by atoms with Gasteiger partial charge in [0.2, 0.25) is 5.90 Å². The number of ether oxygens (including phenoxy) is 1. The van der Waals surface area contributed by atoms with Gasteiger partial charge in [-0.15, -0.1) is 0 Å². The molecule has 5 nitrogen and oxygen atoms in total. The van der Waals surface area contributed by atoms with Crippen LogP contribution in [0.3, 0.4) is 0 Å². The summed E-state index contributed by atoms with van der Waals surface area (Å²) < 4.78 is 18.1. The molecule has 0 spiro atoms. The Morgan fingerprint density at radius 1 is 1.47 bits per heavy atom. The number of halogens is 1. The highest BCUT2D eigenvalue weighted by molar-refractivity contribution is 5.95. The Bertz CT molecular complexity index is 445. The third-order valence-corrected chi connectivity index (χ3v) is 1.93. The molecule has 15 heavy (non-hydrogen) atoms. The van der Waals surface area contributed by atoms with Crippen molar-refractivity contribution in [3.8, 4) is 0 Å². The van der Waals surface area contributed by atoms with Crippen molar-refractivity contribution < 1.29 is 14.1 Å². The normalized spacial score (nSPS) is 14.6. The van der Waals surface area contributed by atoms with E-state index < -0.39 is 10.7 Å². The van der Waals surface area contributed by atoms with Crippen molar-refractivity contribution in [1.82, 2.24) is 0 Å². The first kappa shape index (κ1) is 9.57. The average Bonchev–Trinajstić information content (AvgIpc) is 2.69. The van der Waals surface area contributed by atoms with Crippen molar-refractivity contribution in [2.75, 3.05) is 13.2 Å². The molecular weight excluding hydrogens is 203 g/mol. The maximum Gasteiger partial charge on any atom is 0.273 e. The number of nitrogens with zero attached hydrogens (tertiary/aromatic N) is 2. The Balaban J connectivity index is 2.43. The second-order valence-corrected chi connectivity index (χ2v) is 2.99. The highest BCUT2D eigenvalue weighted by atomic mass is 19.1. The van der Waals surface area contributed by atoms with Crippen LogP contribution in [-0.4, -0.2) is 24.0 Å². The lowest BCUT2D eigenvalue weighted by Crippen LogP contribution is -2.02. The fraction of sp³-hybridized carbons (Fsp3) is 0.222. The molecular formula is C9H7FN2O3. The molecule has 0 atom stereocenters. The van der Waals surface area contributed by atoms with E-state index in [4.69, 9.17) is 4.74 Å². The van der Waals surface area contributed by atoms with Crippen LogP contribution in [0.15, 0.2) is 23.2 Å². The molecule has 0 aromatic heterocycles. The zero-order valence-corrected chi connectivity index (χ0v) is 7.64. The summed E-state index contributed by atoms with van der Waals surface area (Å²) in [7, 11) is 0. The molecule has 78 valence electrons. The largest absolute Gasteiger partial charge is 0.476 e. The minimum atomic E-state index is -0.669. The molecule has 0 aliphatic carbocycles. The summed E-state index contributed by atoms with van der Waals surface area (Å²) in [6.45, 7) is 0.930.